The van der Waals surface area contributed by atoms with Crippen molar-refractivity contribution >= 4 is 40.0 Å². The van der Waals surface area contributed by atoms with Gasteiger partial charge in [-0.25, -0.2) is 0 Å². The maximum atomic E-state index is 12.1. The number of thioether (sulfide) groups is 1. The molecule has 0 bridgehead atoms. The number of carbonyl (C=O) groups is 1. The van der Waals surface area contributed by atoms with Crippen LogP contribution in [0, 0.1) is 5.92 Å². The lowest BCUT2D eigenvalue weighted by Crippen LogP contribution is -2.42. The molecule has 0 radical (unpaired) electrons. The van der Waals surface area contributed by atoms with Gasteiger partial charge in [0.1, 0.15) is 0 Å². The summed E-state index contributed by atoms with van der Waals surface area (Å²) in [6, 6.07) is 12.0. The lowest BCUT2D eigenvalue weighted by Gasteiger charge is -2.16. The van der Waals surface area contributed by atoms with E-state index in [0.717, 1.165) is 20.7 Å². The highest BCUT2D eigenvalue weighted by Crippen LogP contribution is 2.34. The summed E-state index contributed by atoms with van der Waals surface area (Å²) in [6.07, 6.45) is 2.35. The first-order chi connectivity index (χ1) is 10.7. The molecule has 3 N–H and O–H groups in total. The van der Waals surface area contributed by atoms with Gasteiger partial charge in [-0.1, -0.05) is 35.9 Å². The molecule has 1 fully saturated rings. The Morgan fingerprint density at radius 1 is 1.32 bits per heavy atom. The second kappa shape index (κ2) is 6.90. The van der Waals surface area contributed by atoms with E-state index in [1.54, 1.807) is 0 Å². The zero-order valence-corrected chi connectivity index (χ0v) is 13.8. The molecule has 1 aliphatic rings. The smallest absolute Gasteiger partial charge is 0.230 e. The molecule has 0 spiro atoms. The molecular weight excluding hydrogens is 316 g/mol. The van der Waals surface area contributed by atoms with E-state index in [-0.39, 0.29) is 11.9 Å². The molecule has 3 rings (SSSR count). The van der Waals surface area contributed by atoms with E-state index < -0.39 is 0 Å². The van der Waals surface area contributed by atoms with Crippen molar-refractivity contribution in [2.75, 3.05) is 12.3 Å². The van der Waals surface area contributed by atoms with Gasteiger partial charge >= 0.3 is 0 Å². The van der Waals surface area contributed by atoms with Crippen LogP contribution in [0.5, 0.6) is 0 Å². The van der Waals surface area contributed by atoms with Gasteiger partial charge in [0, 0.05) is 27.9 Å². The lowest BCUT2D eigenvalue weighted by molar-refractivity contribution is -0.119. The minimum Gasteiger partial charge on any atom is -0.351 e. The second-order valence-corrected chi connectivity index (χ2v) is 7.05. The van der Waals surface area contributed by atoms with Crippen LogP contribution in [0.4, 0.5) is 0 Å². The molecule has 1 aliphatic carbocycles. The van der Waals surface area contributed by atoms with Gasteiger partial charge in [-0.15, -0.1) is 11.8 Å². The van der Waals surface area contributed by atoms with Crippen molar-refractivity contribution in [2.45, 2.75) is 23.8 Å². The van der Waals surface area contributed by atoms with Crippen molar-refractivity contribution in [3.05, 3.63) is 41.4 Å². The Labute approximate surface area is 139 Å². The number of carbonyl (C=O) groups excluding carboxylic acids is 1. The SMILES string of the molecule is NCC(NC(=O)CSc1cccc2cccc(Cl)c12)C1CC1. The molecule has 1 atom stereocenters. The van der Waals surface area contributed by atoms with Crippen LogP contribution in [0.3, 0.4) is 0 Å². The Morgan fingerprint density at radius 2 is 2.05 bits per heavy atom. The van der Waals surface area contributed by atoms with Gasteiger partial charge in [0.05, 0.1) is 5.75 Å². The van der Waals surface area contributed by atoms with Gasteiger partial charge in [0.25, 0.3) is 0 Å². The van der Waals surface area contributed by atoms with Crippen LogP contribution in [0.25, 0.3) is 10.8 Å². The van der Waals surface area contributed by atoms with E-state index in [9.17, 15) is 4.79 Å². The minimum atomic E-state index is 0.0383. The molecule has 22 heavy (non-hydrogen) atoms. The number of amides is 1. The zero-order valence-electron chi connectivity index (χ0n) is 12.2. The fraction of sp³-hybridized carbons (Fsp3) is 0.353. The van der Waals surface area contributed by atoms with Crippen molar-refractivity contribution in [2.24, 2.45) is 11.7 Å². The van der Waals surface area contributed by atoms with Gasteiger partial charge in [-0.3, -0.25) is 4.79 Å². The van der Waals surface area contributed by atoms with E-state index in [2.05, 4.69) is 5.32 Å². The maximum Gasteiger partial charge on any atom is 0.230 e. The number of rotatable bonds is 6. The summed E-state index contributed by atoms with van der Waals surface area (Å²) >= 11 is 7.82. The molecule has 5 heteroatoms. The monoisotopic (exact) mass is 334 g/mol. The molecule has 1 saturated carbocycles. The van der Waals surface area contributed by atoms with Gasteiger partial charge in [-0.2, -0.15) is 0 Å². The Balaban J connectivity index is 1.67. The lowest BCUT2D eigenvalue weighted by atomic mass is 10.1. The Morgan fingerprint density at radius 3 is 2.73 bits per heavy atom. The maximum absolute atomic E-state index is 12.1. The van der Waals surface area contributed by atoms with Crippen molar-refractivity contribution in [3.63, 3.8) is 0 Å². The molecule has 116 valence electrons. The highest BCUT2D eigenvalue weighted by atomic mass is 35.5. The Hall–Kier alpha value is -1.23. The van der Waals surface area contributed by atoms with Crippen LogP contribution < -0.4 is 11.1 Å². The minimum absolute atomic E-state index is 0.0383. The third kappa shape index (κ3) is 3.57. The average molecular weight is 335 g/mol. The van der Waals surface area contributed by atoms with Crippen LogP contribution in [-0.2, 0) is 4.79 Å². The molecule has 0 aromatic heterocycles. The van der Waals surface area contributed by atoms with Gasteiger partial charge < -0.3 is 11.1 Å². The van der Waals surface area contributed by atoms with Gasteiger partial charge in [0.2, 0.25) is 5.91 Å². The Bertz CT molecular complexity index is 682. The highest BCUT2D eigenvalue weighted by molar-refractivity contribution is 8.00. The summed E-state index contributed by atoms with van der Waals surface area (Å²) < 4.78 is 0. The third-order valence-corrected chi connectivity index (χ3v) is 5.34. The predicted molar refractivity (Wildman–Crippen MR) is 93.4 cm³/mol. The topological polar surface area (TPSA) is 55.1 Å². The fourth-order valence-electron chi connectivity index (χ4n) is 2.64. The van der Waals surface area contributed by atoms with Crippen LogP contribution in [0.2, 0.25) is 5.02 Å². The number of fused-ring (bicyclic) bond motifs is 1. The molecule has 0 saturated heterocycles. The second-order valence-electron chi connectivity index (χ2n) is 5.63. The summed E-state index contributed by atoms with van der Waals surface area (Å²) in [4.78, 5) is 13.2. The zero-order chi connectivity index (χ0) is 15.5. The summed E-state index contributed by atoms with van der Waals surface area (Å²) in [6.45, 7) is 0.515. The standard InChI is InChI=1S/C17H19ClN2OS/c18-13-5-1-3-12-4-2-6-15(17(12)13)22-10-16(21)20-14(9-19)11-7-8-11/h1-6,11,14H,7-10,19H2,(H,20,21). The first-order valence-electron chi connectivity index (χ1n) is 7.48. The number of nitrogens with one attached hydrogen (secondary N) is 1. The molecule has 1 unspecified atom stereocenters. The van der Waals surface area contributed by atoms with Crippen LogP contribution in [0.1, 0.15) is 12.8 Å². The molecule has 2 aromatic rings. The molecule has 1 amide bonds. The van der Waals surface area contributed by atoms with Gasteiger partial charge in [-0.05, 0) is 36.3 Å². The van der Waals surface area contributed by atoms with Gasteiger partial charge in [0.15, 0.2) is 0 Å². The number of halogens is 1. The molecular formula is C17H19ClN2OS. The quantitative estimate of drug-likeness (QED) is 0.796. The molecule has 0 aliphatic heterocycles. The molecule has 2 aromatic carbocycles. The van der Waals surface area contributed by atoms with Crippen LogP contribution >= 0.6 is 23.4 Å². The summed E-state index contributed by atoms with van der Waals surface area (Å²) in [7, 11) is 0. The first kappa shape index (κ1) is 15.7. The van der Waals surface area contributed by atoms with E-state index in [4.69, 9.17) is 17.3 Å². The number of hydrogen-bond acceptors (Lipinski definition) is 3. The predicted octanol–water partition coefficient (Wildman–Crippen LogP) is 3.44. The van der Waals surface area contributed by atoms with Crippen molar-refractivity contribution in [3.8, 4) is 0 Å². The largest absolute Gasteiger partial charge is 0.351 e. The normalized spacial score (nSPS) is 15.7. The average Bonchev–Trinajstić information content (AvgIpc) is 3.35. The third-order valence-electron chi connectivity index (χ3n) is 3.97. The van der Waals surface area contributed by atoms with Crippen LogP contribution in [0.15, 0.2) is 41.3 Å². The van der Waals surface area contributed by atoms with Crippen molar-refractivity contribution in [1.82, 2.24) is 5.32 Å². The van der Waals surface area contributed by atoms with Crippen molar-refractivity contribution in [1.29, 1.82) is 0 Å². The number of benzene rings is 2. The van der Waals surface area contributed by atoms with E-state index in [0.29, 0.717) is 18.2 Å². The summed E-state index contributed by atoms with van der Waals surface area (Å²) in [5, 5.41) is 5.87. The summed E-state index contributed by atoms with van der Waals surface area (Å²) in [5.41, 5.74) is 5.72. The van der Waals surface area contributed by atoms with E-state index in [1.165, 1.54) is 24.6 Å². The highest BCUT2D eigenvalue weighted by Gasteiger charge is 2.31. The molecule has 3 nitrogen and oxygen atoms in total. The Kier molecular flexibility index (Phi) is 4.91. The van der Waals surface area contributed by atoms with Crippen molar-refractivity contribution < 1.29 is 4.79 Å². The van der Waals surface area contributed by atoms with E-state index >= 15 is 0 Å². The number of nitrogens with two attached hydrogens (primary N) is 1. The van der Waals surface area contributed by atoms with E-state index in [1.807, 2.05) is 36.4 Å². The summed E-state index contributed by atoms with van der Waals surface area (Å²) in [5.74, 6) is 0.996. The molecule has 0 heterocycles. The fourth-order valence-corrected chi connectivity index (χ4v) is 3.90. The number of hydrogen-bond donors (Lipinski definition) is 2. The van der Waals surface area contributed by atoms with Crippen LogP contribution in [-0.4, -0.2) is 24.2 Å². The first-order valence-corrected chi connectivity index (χ1v) is 8.85.